The van der Waals surface area contributed by atoms with Crippen LogP contribution in [0.4, 0.5) is 22.7 Å². The minimum atomic E-state index is -0.0769. The van der Waals surface area contributed by atoms with Gasteiger partial charge in [0.15, 0.2) is 0 Å². The van der Waals surface area contributed by atoms with E-state index in [1.54, 1.807) is 0 Å². The van der Waals surface area contributed by atoms with Crippen molar-refractivity contribution in [1.29, 1.82) is 0 Å². The van der Waals surface area contributed by atoms with Gasteiger partial charge in [-0.05, 0) is 139 Å². The highest BCUT2D eigenvalue weighted by Gasteiger charge is 2.35. The Hall–Kier alpha value is -8.20. The van der Waals surface area contributed by atoms with Crippen LogP contribution in [0.1, 0.15) is 25.0 Å². The van der Waals surface area contributed by atoms with E-state index in [0.29, 0.717) is 0 Å². The van der Waals surface area contributed by atoms with Gasteiger partial charge in [-0.3, -0.25) is 0 Å². The molecule has 1 aliphatic rings. The molecule has 322 valence electrons. The minimum absolute atomic E-state index is 0.0769. The number of rotatable bonds is 10. The van der Waals surface area contributed by atoms with Gasteiger partial charge in [0.2, 0.25) is 0 Å². The number of nitrogens with zero attached hydrogens (tertiary/aromatic N) is 2. The molecule has 1 aliphatic carbocycles. The zero-order valence-electron chi connectivity index (χ0n) is 38.5. The first-order valence-corrected chi connectivity index (χ1v) is 23.3. The lowest BCUT2D eigenvalue weighted by Gasteiger charge is -2.27. The van der Waals surface area contributed by atoms with Crippen molar-refractivity contribution in [2.75, 3.05) is 23.9 Å². The van der Waals surface area contributed by atoms with Gasteiger partial charge in [0.1, 0.15) is 0 Å². The first-order valence-electron chi connectivity index (χ1n) is 23.3. The fourth-order valence-corrected chi connectivity index (χ4v) is 10.2. The molecule has 10 aromatic carbocycles. The summed E-state index contributed by atoms with van der Waals surface area (Å²) in [4.78, 5) is 4.66. The molecule has 0 aromatic heterocycles. The molecular formula is C65H52N2. The summed E-state index contributed by atoms with van der Waals surface area (Å²) < 4.78 is 0. The SMILES string of the molecule is CN(c1ccc(-c2cccc(-c3cccc(-c4cc(-c5ccccc5)ccc4N(C)c4ccc5c(c4)C(C)(C)c4ccccc4-5)c3)c2)cc1)c1ccc(-c2ccccc2)cc1-c1ccccc1. The Morgan fingerprint density at radius 3 is 1.24 bits per heavy atom. The molecule has 0 amide bonds. The van der Waals surface area contributed by atoms with E-state index in [4.69, 9.17) is 0 Å². The molecule has 2 heteroatoms. The summed E-state index contributed by atoms with van der Waals surface area (Å²) in [6.45, 7) is 4.70. The van der Waals surface area contributed by atoms with Gasteiger partial charge in [-0.1, -0.05) is 196 Å². The molecule has 0 atom stereocenters. The van der Waals surface area contributed by atoms with Crippen LogP contribution >= 0.6 is 0 Å². The summed E-state index contributed by atoms with van der Waals surface area (Å²) in [6, 6.07) is 88.6. The van der Waals surface area contributed by atoms with E-state index in [1.165, 1.54) is 94.7 Å². The average molecular weight is 861 g/mol. The van der Waals surface area contributed by atoms with Crippen molar-refractivity contribution in [3.63, 3.8) is 0 Å². The Morgan fingerprint density at radius 1 is 0.254 bits per heavy atom. The summed E-state index contributed by atoms with van der Waals surface area (Å²) in [5, 5.41) is 0. The van der Waals surface area contributed by atoms with E-state index in [0.717, 1.165) is 17.1 Å². The lowest BCUT2D eigenvalue weighted by Crippen LogP contribution is -2.16. The summed E-state index contributed by atoms with van der Waals surface area (Å²) in [5.41, 5.74) is 24.3. The van der Waals surface area contributed by atoms with Crippen LogP contribution in [-0.2, 0) is 5.41 Å². The largest absolute Gasteiger partial charge is 0.344 e. The van der Waals surface area contributed by atoms with Gasteiger partial charge >= 0.3 is 0 Å². The van der Waals surface area contributed by atoms with Gasteiger partial charge in [0.25, 0.3) is 0 Å². The Bertz CT molecular complexity index is 3390. The highest BCUT2D eigenvalue weighted by atomic mass is 15.1. The van der Waals surface area contributed by atoms with Crippen molar-refractivity contribution >= 4 is 22.7 Å². The van der Waals surface area contributed by atoms with E-state index in [2.05, 4.69) is 280 Å². The van der Waals surface area contributed by atoms with E-state index < -0.39 is 0 Å². The van der Waals surface area contributed by atoms with E-state index >= 15 is 0 Å². The molecule has 10 aromatic rings. The number of hydrogen-bond donors (Lipinski definition) is 0. The van der Waals surface area contributed by atoms with Crippen molar-refractivity contribution in [1.82, 2.24) is 0 Å². The van der Waals surface area contributed by atoms with Gasteiger partial charge < -0.3 is 9.80 Å². The molecule has 67 heavy (non-hydrogen) atoms. The third-order valence-electron chi connectivity index (χ3n) is 13.9. The maximum absolute atomic E-state index is 2.40. The molecule has 0 unspecified atom stereocenters. The molecule has 0 fully saturated rings. The lowest BCUT2D eigenvalue weighted by atomic mass is 9.82. The van der Waals surface area contributed by atoms with Crippen molar-refractivity contribution in [2.24, 2.45) is 0 Å². The van der Waals surface area contributed by atoms with Crippen molar-refractivity contribution in [2.45, 2.75) is 19.3 Å². The highest BCUT2D eigenvalue weighted by Crippen LogP contribution is 2.50. The normalized spacial score (nSPS) is 12.3. The molecule has 0 saturated carbocycles. The molecule has 0 spiro atoms. The molecule has 11 rings (SSSR count). The molecule has 0 heterocycles. The van der Waals surface area contributed by atoms with Crippen molar-refractivity contribution < 1.29 is 0 Å². The molecular weight excluding hydrogens is 809 g/mol. The predicted octanol–water partition coefficient (Wildman–Crippen LogP) is 17.5. The van der Waals surface area contributed by atoms with Crippen LogP contribution < -0.4 is 9.80 Å². The molecule has 0 radical (unpaired) electrons. The number of benzene rings is 10. The van der Waals surface area contributed by atoms with Crippen LogP contribution in [0.2, 0.25) is 0 Å². The average Bonchev–Trinajstić information content (AvgIpc) is 3.63. The highest BCUT2D eigenvalue weighted by molar-refractivity contribution is 5.91. The van der Waals surface area contributed by atoms with Crippen LogP contribution in [0.5, 0.6) is 0 Å². The topological polar surface area (TPSA) is 6.48 Å². The van der Waals surface area contributed by atoms with Crippen molar-refractivity contribution in [3.8, 4) is 77.9 Å². The summed E-state index contributed by atoms with van der Waals surface area (Å²) >= 11 is 0. The van der Waals surface area contributed by atoms with Crippen LogP contribution in [0.3, 0.4) is 0 Å². The Kier molecular flexibility index (Phi) is 10.7. The molecule has 0 saturated heterocycles. The molecule has 0 N–H and O–H groups in total. The maximum Gasteiger partial charge on any atom is 0.0488 e. The number of hydrogen-bond acceptors (Lipinski definition) is 2. The van der Waals surface area contributed by atoms with Gasteiger partial charge in [-0.25, -0.2) is 0 Å². The molecule has 2 nitrogen and oxygen atoms in total. The quantitative estimate of drug-likeness (QED) is 0.135. The first-order chi connectivity index (χ1) is 32.8. The maximum atomic E-state index is 2.40. The molecule has 0 bridgehead atoms. The minimum Gasteiger partial charge on any atom is -0.344 e. The van der Waals surface area contributed by atoms with E-state index in [9.17, 15) is 0 Å². The van der Waals surface area contributed by atoms with E-state index in [1.807, 2.05) is 0 Å². The smallest absolute Gasteiger partial charge is 0.0488 e. The summed E-state index contributed by atoms with van der Waals surface area (Å²) in [6.07, 6.45) is 0. The van der Waals surface area contributed by atoms with Gasteiger partial charge in [-0.2, -0.15) is 0 Å². The van der Waals surface area contributed by atoms with Crippen LogP contribution in [0.25, 0.3) is 77.9 Å². The second kappa shape index (κ2) is 17.3. The van der Waals surface area contributed by atoms with Crippen molar-refractivity contribution in [3.05, 3.63) is 254 Å². The number of fused-ring (bicyclic) bond motifs is 3. The summed E-state index contributed by atoms with van der Waals surface area (Å²) in [7, 11) is 4.37. The first kappa shape index (κ1) is 41.5. The third-order valence-corrected chi connectivity index (χ3v) is 13.9. The lowest BCUT2D eigenvalue weighted by molar-refractivity contribution is 0.660. The van der Waals surface area contributed by atoms with Gasteiger partial charge in [-0.15, -0.1) is 0 Å². The molecule has 0 aliphatic heterocycles. The zero-order chi connectivity index (χ0) is 45.5. The second-order valence-electron chi connectivity index (χ2n) is 18.3. The zero-order valence-corrected chi connectivity index (χ0v) is 38.5. The summed E-state index contributed by atoms with van der Waals surface area (Å²) in [5.74, 6) is 0. The third kappa shape index (κ3) is 7.81. The van der Waals surface area contributed by atoms with Gasteiger partial charge in [0.05, 0.1) is 0 Å². The standard InChI is InChI=1S/C65H52N2/c1-65(2)61-29-15-14-28-57(61)58-37-36-56(44-62(58)65)67(4)64-39-33-53(46-20-10-6-11-21-46)43-60(64)54-27-17-26-51(41-54)50-25-16-24-49(40-50)47-30-34-55(35-31-47)66(3)63-38-32-52(45-18-8-5-9-19-45)42-59(63)48-22-12-7-13-23-48/h5-44H,1-4H3. The van der Waals surface area contributed by atoms with Crippen LogP contribution in [-0.4, -0.2) is 14.1 Å². The Balaban J connectivity index is 0.910. The number of anilines is 4. The second-order valence-corrected chi connectivity index (χ2v) is 18.3. The van der Waals surface area contributed by atoms with Crippen LogP contribution in [0.15, 0.2) is 243 Å². The fourth-order valence-electron chi connectivity index (χ4n) is 10.2. The predicted molar refractivity (Wildman–Crippen MR) is 286 cm³/mol. The fraction of sp³-hybridized carbons (Fsp3) is 0.0769. The Morgan fingerprint density at radius 2 is 0.642 bits per heavy atom. The van der Waals surface area contributed by atoms with Gasteiger partial charge in [0, 0.05) is 53.4 Å². The van der Waals surface area contributed by atoms with E-state index in [-0.39, 0.29) is 5.41 Å². The van der Waals surface area contributed by atoms with Crippen LogP contribution in [0, 0.1) is 0 Å². The monoisotopic (exact) mass is 860 g/mol. The Labute approximate surface area is 395 Å².